The second-order valence-corrected chi connectivity index (χ2v) is 15.5. The Labute approximate surface area is 231 Å². The zero-order valence-corrected chi connectivity index (χ0v) is 26.5. The third kappa shape index (κ3) is 12.1. The van der Waals surface area contributed by atoms with E-state index in [-0.39, 0.29) is 21.7 Å². The van der Waals surface area contributed by atoms with Crippen molar-refractivity contribution >= 4 is 17.2 Å². The molecule has 224 valence electrons. The van der Waals surface area contributed by atoms with Crippen molar-refractivity contribution in [3.63, 3.8) is 0 Å². The Morgan fingerprint density at radius 2 is 1.08 bits per heavy atom. The first-order valence-corrected chi connectivity index (χ1v) is 15.0. The van der Waals surface area contributed by atoms with E-state index < -0.39 is 48.5 Å². The predicted molar refractivity (Wildman–Crippen MR) is 153 cm³/mol. The Balaban J connectivity index is 0.00000171. The van der Waals surface area contributed by atoms with Crippen LogP contribution in [0, 0.1) is 16.2 Å². The molecule has 8 N–H and O–H groups in total. The highest BCUT2D eigenvalue weighted by Gasteiger charge is 2.41. The van der Waals surface area contributed by atoms with Gasteiger partial charge in [0.15, 0.2) is 0 Å². The fourth-order valence-corrected chi connectivity index (χ4v) is 5.98. The summed E-state index contributed by atoms with van der Waals surface area (Å²) in [6.07, 6.45) is 0.726. The molecule has 0 aliphatic carbocycles. The molecular formula is C27H52O9P2. The molecule has 0 bridgehead atoms. The Hall–Kier alpha value is -0.280. The first-order valence-electron chi connectivity index (χ1n) is 12.7. The summed E-state index contributed by atoms with van der Waals surface area (Å²) in [5, 5.41) is 41.0. The highest BCUT2D eigenvalue weighted by Crippen LogP contribution is 2.45. The Kier molecular flexibility index (Phi) is 14.5. The third-order valence-corrected chi connectivity index (χ3v) is 7.64. The lowest BCUT2D eigenvalue weighted by atomic mass is 9.66. The molecule has 0 saturated carbocycles. The number of aliphatic hydroxyl groups excluding tert-OH is 4. The second kappa shape index (κ2) is 14.6. The fraction of sp³-hybridized carbons (Fsp3) is 0.778. The third-order valence-electron chi connectivity index (χ3n) is 6.47. The molecular weight excluding hydrogens is 530 g/mol. The van der Waals surface area contributed by atoms with Gasteiger partial charge in [-0.1, -0.05) is 87.4 Å². The van der Waals surface area contributed by atoms with Crippen molar-refractivity contribution in [3.05, 3.63) is 34.9 Å². The van der Waals surface area contributed by atoms with Crippen LogP contribution in [0.15, 0.2) is 18.2 Å². The predicted octanol–water partition coefficient (Wildman–Crippen LogP) is 4.54. The van der Waals surface area contributed by atoms with Gasteiger partial charge in [0.05, 0.1) is 31.3 Å². The Bertz CT molecular complexity index is 826. The van der Waals surface area contributed by atoms with Crippen LogP contribution < -0.4 is 0 Å². The van der Waals surface area contributed by atoms with Crippen LogP contribution in [0.4, 0.5) is 0 Å². The molecule has 0 aliphatic rings. The highest BCUT2D eigenvalue weighted by molar-refractivity contribution is 7.53. The molecule has 0 saturated heterocycles. The van der Waals surface area contributed by atoms with Crippen molar-refractivity contribution in [1.82, 2.24) is 0 Å². The van der Waals surface area contributed by atoms with Crippen LogP contribution in [-0.4, -0.2) is 59.8 Å². The maximum absolute atomic E-state index is 11.3. The van der Waals surface area contributed by atoms with Crippen LogP contribution in [0.3, 0.4) is 0 Å². The van der Waals surface area contributed by atoms with Gasteiger partial charge in [0.25, 0.3) is 0 Å². The number of aliphatic hydroxyl groups is 4. The summed E-state index contributed by atoms with van der Waals surface area (Å²) in [5.41, 5.74) is 1.42. The maximum Gasteiger partial charge on any atom is 0.334 e. The topological polar surface area (TPSA) is 171 Å². The van der Waals surface area contributed by atoms with E-state index >= 15 is 0 Å². The summed E-state index contributed by atoms with van der Waals surface area (Å²) in [7, 11) is -5.22. The molecule has 1 aromatic carbocycles. The summed E-state index contributed by atoms with van der Waals surface area (Å²) >= 11 is 0. The van der Waals surface area contributed by atoms with E-state index in [1.807, 2.05) is 6.07 Å². The van der Waals surface area contributed by atoms with E-state index in [0.29, 0.717) is 5.56 Å². The van der Waals surface area contributed by atoms with E-state index in [4.69, 9.17) is 19.6 Å². The summed E-state index contributed by atoms with van der Waals surface area (Å²) in [6.45, 7) is 20.7. The first kappa shape index (κ1) is 37.7. The zero-order chi connectivity index (χ0) is 30.3. The normalized spacial score (nSPS) is 14.5. The minimum Gasteiger partial charge on any atom is -0.395 e. The van der Waals surface area contributed by atoms with E-state index in [0.717, 1.165) is 18.4 Å². The molecule has 0 amide bonds. The summed E-state index contributed by atoms with van der Waals surface area (Å²) in [5.74, 6) is 0. The van der Waals surface area contributed by atoms with Crippen LogP contribution in [0.1, 0.15) is 105 Å². The van der Waals surface area contributed by atoms with Gasteiger partial charge in [-0.05, 0) is 51.2 Å². The average molecular weight is 583 g/mol. The van der Waals surface area contributed by atoms with Gasteiger partial charge in [-0.2, -0.15) is 0 Å². The van der Waals surface area contributed by atoms with E-state index in [2.05, 4.69) is 85.7 Å². The number of rotatable bonds is 11. The zero-order valence-electron chi connectivity index (χ0n) is 24.7. The van der Waals surface area contributed by atoms with Crippen molar-refractivity contribution in [2.45, 2.75) is 99.0 Å². The molecule has 9 nitrogen and oxygen atoms in total. The molecule has 1 aromatic rings. The standard InChI is InChI=1S/C27H48O4.H4O5P2/c1-23(2,3)14-25(7,8)19-11-12-20(22(31)27(16-28,17-29)18-30)21(13-19)26(9,10)15-24(4,5)6;1-6(2)5-7(3)4/h11-13,22,28-31H,14-18H2,1-10H3;1-4H. The molecule has 1 rings (SSSR count). The van der Waals surface area contributed by atoms with Crippen molar-refractivity contribution in [1.29, 1.82) is 0 Å². The van der Waals surface area contributed by atoms with E-state index in [1.165, 1.54) is 5.56 Å². The molecule has 1 atom stereocenters. The summed E-state index contributed by atoms with van der Waals surface area (Å²) < 4.78 is 3.60. The minimum atomic E-state index is -2.61. The average Bonchev–Trinajstić information content (AvgIpc) is 2.71. The van der Waals surface area contributed by atoms with Gasteiger partial charge >= 0.3 is 17.2 Å². The lowest BCUT2D eigenvalue weighted by molar-refractivity contribution is -0.0858. The quantitative estimate of drug-likeness (QED) is 0.175. The smallest absolute Gasteiger partial charge is 0.334 e. The molecule has 0 heterocycles. The minimum absolute atomic E-state index is 0.0592. The number of hydrogen-bond donors (Lipinski definition) is 8. The molecule has 0 fully saturated rings. The van der Waals surface area contributed by atoms with Gasteiger partial charge in [0.2, 0.25) is 0 Å². The van der Waals surface area contributed by atoms with Crippen LogP contribution in [-0.2, 0) is 15.1 Å². The van der Waals surface area contributed by atoms with Crippen LogP contribution >= 0.6 is 17.2 Å². The van der Waals surface area contributed by atoms with Crippen molar-refractivity contribution in [2.75, 3.05) is 19.8 Å². The molecule has 1 unspecified atom stereocenters. The SMILES string of the molecule is CC(C)(C)CC(C)(C)c1ccc(C(O)C(CO)(CO)CO)c(C(C)(C)CC(C)(C)C)c1.OP(O)OP(O)O. The van der Waals surface area contributed by atoms with Gasteiger partial charge in [0, 0.05) is 0 Å². The Morgan fingerprint density at radius 3 is 1.39 bits per heavy atom. The molecule has 11 heteroatoms. The van der Waals surface area contributed by atoms with E-state index in [1.54, 1.807) is 0 Å². The lowest BCUT2D eigenvalue weighted by Crippen LogP contribution is -2.41. The Morgan fingerprint density at radius 1 is 0.684 bits per heavy atom. The van der Waals surface area contributed by atoms with Crippen molar-refractivity contribution < 1.29 is 44.3 Å². The van der Waals surface area contributed by atoms with Gasteiger partial charge in [-0.15, -0.1) is 0 Å². The van der Waals surface area contributed by atoms with Crippen LogP contribution in [0.5, 0.6) is 0 Å². The molecule has 0 spiro atoms. The molecule has 0 aliphatic heterocycles. The summed E-state index contributed by atoms with van der Waals surface area (Å²) in [6, 6.07) is 6.19. The number of benzene rings is 1. The van der Waals surface area contributed by atoms with Crippen LogP contribution in [0.25, 0.3) is 0 Å². The molecule has 38 heavy (non-hydrogen) atoms. The fourth-order valence-electron chi connectivity index (χ4n) is 5.46. The van der Waals surface area contributed by atoms with E-state index in [9.17, 15) is 20.4 Å². The van der Waals surface area contributed by atoms with Gasteiger partial charge in [0.1, 0.15) is 0 Å². The summed E-state index contributed by atoms with van der Waals surface area (Å²) in [4.78, 5) is 31.3. The van der Waals surface area contributed by atoms with Crippen LogP contribution in [0.2, 0.25) is 0 Å². The first-order chi connectivity index (χ1) is 17.0. The number of hydrogen-bond acceptors (Lipinski definition) is 9. The largest absolute Gasteiger partial charge is 0.395 e. The molecule has 0 aromatic heterocycles. The van der Waals surface area contributed by atoms with Gasteiger partial charge in [-0.25, -0.2) is 4.31 Å². The maximum atomic E-state index is 11.3. The highest BCUT2D eigenvalue weighted by atomic mass is 31.2. The lowest BCUT2D eigenvalue weighted by Gasteiger charge is -2.40. The van der Waals surface area contributed by atoms with Gasteiger partial charge in [-0.3, -0.25) is 0 Å². The van der Waals surface area contributed by atoms with Gasteiger partial charge < -0.3 is 40.0 Å². The monoisotopic (exact) mass is 582 g/mol. The van der Waals surface area contributed by atoms with Crippen molar-refractivity contribution in [2.24, 2.45) is 16.2 Å². The second-order valence-electron chi connectivity index (χ2n) is 13.9. The van der Waals surface area contributed by atoms with Crippen molar-refractivity contribution in [3.8, 4) is 0 Å². The molecule has 0 radical (unpaired) electrons.